The third-order valence-electron chi connectivity index (χ3n) is 3.72. The zero-order valence-electron chi connectivity index (χ0n) is 14.7. The summed E-state index contributed by atoms with van der Waals surface area (Å²) in [5.74, 6) is 0.349. The zero-order chi connectivity index (χ0) is 16.5. The molecule has 0 spiro atoms. The molecule has 0 aliphatic rings. The first-order chi connectivity index (χ1) is 10.6. The average Bonchev–Trinajstić information content (AvgIpc) is 2.45. The third kappa shape index (κ3) is 19.4. The lowest BCUT2D eigenvalue weighted by Crippen LogP contribution is -2.02. The lowest BCUT2D eigenvalue weighted by atomic mass is 10.1. The maximum atomic E-state index is 11.0. The van der Waals surface area contributed by atoms with Gasteiger partial charge in [-0.15, -0.1) is 0 Å². The van der Waals surface area contributed by atoms with Gasteiger partial charge in [0.15, 0.2) is 0 Å². The molecule has 0 heterocycles. The molecule has 0 atom stereocenters. The van der Waals surface area contributed by atoms with E-state index in [9.17, 15) is 8.42 Å². The van der Waals surface area contributed by atoms with E-state index >= 15 is 0 Å². The van der Waals surface area contributed by atoms with Crippen LogP contribution in [0.25, 0.3) is 0 Å². The van der Waals surface area contributed by atoms with Gasteiger partial charge in [0.25, 0.3) is 0 Å². The molecule has 0 bridgehead atoms. The molecule has 22 heavy (non-hydrogen) atoms. The Hall–Kier alpha value is -0.570. The van der Waals surface area contributed by atoms with Crippen LogP contribution in [0.3, 0.4) is 0 Å². The van der Waals surface area contributed by atoms with Crippen LogP contribution in [-0.2, 0) is 9.84 Å². The maximum absolute atomic E-state index is 11.0. The topological polar surface area (TPSA) is 34.1 Å². The normalized spacial score (nSPS) is 12.6. The molecule has 0 unspecified atom stereocenters. The van der Waals surface area contributed by atoms with Crippen molar-refractivity contribution in [2.24, 2.45) is 0 Å². The fraction of sp³-hybridized carbons (Fsp3) is 0.789. The standard InChI is InChI=1S/C19H36O2S/c1-3-4-5-6-7-8-9-10-11-12-13-14-15-16-17-18-19-22(2,20)21/h7-8,10-11H,3-6,9,12-19H2,1-2H3/b8-7-,11-10-. The second kappa shape index (κ2) is 15.3. The molecule has 130 valence electrons. The summed E-state index contributed by atoms with van der Waals surface area (Å²) in [7, 11) is -2.76. The average molecular weight is 329 g/mol. The number of unbranched alkanes of at least 4 members (excludes halogenated alkanes) is 9. The van der Waals surface area contributed by atoms with Gasteiger partial charge in [0.05, 0.1) is 0 Å². The number of hydrogen-bond donors (Lipinski definition) is 0. The van der Waals surface area contributed by atoms with E-state index in [-0.39, 0.29) is 0 Å². The van der Waals surface area contributed by atoms with Crippen molar-refractivity contribution in [2.75, 3.05) is 12.0 Å². The van der Waals surface area contributed by atoms with Crippen molar-refractivity contribution >= 4 is 9.84 Å². The Morgan fingerprint density at radius 1 is 0.682 bits per heavy atom. The summed E-state index contributed by atoms with van der Waals surface area (Å²) in [5.41, 5.74) is 0. The summed E-state index contributed by atoms with van der Waals surface area (Å²) in [6.07, 6.45) is 24.7. The molecule has 0 amide bonds. The van der Waals surface area contributed by atoms with Crippen LogP contribution in [0.2, 0.25) is 0 Å². The molecule has 3 heteroatoms. The summed E-state index contributed by atoms with van der Waals surface area (Å²) in [5, 5.41) is 0. The van der Waals surface area contributed by atoms with E-state index in [2.05, 4.69) is 31.2 Å². The van der Waals surface area contributed by atoms with E-state index in [0.717, 1.165) is 19.3 Å². The monoisotopic (exact) mass is 328 g/mol. The molecular formula is C19H36O2S. The molecule has 0 aliphatic carbocycles. The Bertz CT molecular complexity index is 380. The Morgan fingerprint density at radius 2 is 1.18 bits per heavy atom. The number of hydrogen-bond acceptors (Lipinski definition) is 2. The fourth-order valence-corrected chi connectivity index (χ4v) is 3.08. The van der Waals surface area contributed by atoms with Gasteiger partial charge in [-0.05, 0) is 38.5 Å². The van der Waals surface area contributed by atoms with Crippen molar-refractivity contribution in [3.05, 3.63) is 24.3 Å². The lowest BCUT2D eigenvalue weighted by molar-refractivity contribution is 0.585. The van der Waals surface area contributed by atoms with Gasteiger partial charge in [0, 0.05) is 12.0 Å². The van der Waals surface area contributed by atoms with Crippen LogP contribution in [0.15, 0.2) is 24.3 Å². The molecule has 0 aromatic heterocycles. The predicted octanol–water partition coefficient (Wildman–Crippen LogP) is 5.84. The summed E-state index contributed by atoms with van der Waals surface area (Å²) in [6, 6.07) is 0. The van der Waals surface area contributed by atoms with Crippen LogP contribution in [0.5, 0.6) is 0 Å². The van der Waals surface area contributed by atoms with Gasteiger partial charge in [0.1, 0.15) is 9.84 Å². The van der Waals surface area contributed by atoms with Crippen LogP contribution in [0, 0.1) is 0 Å². The predicted molar refractivity (Wildman–Crippen MR) is 99.1 cm³/mol. The molecule has 0 saturated carbocycles. The molecule has 0 rings (SSSR count). The molecule has 0 saturated heterocycles. The highest BCUT2D eigenvalue weighted by atomic mass is 32.2. The summed E-state index contributed by atoms with van der Waals surface area (Å²) < 4.78 is 21.9. The van der Waals surface area contributed by atoms with Crippen molar-refractivity contribution in [3.8, 4) is 0 Å². The minimum Gasteiger partial charge on any atom is -0.229 e. The molecule has 0 aromatic carbocycles. The maximum Gasteiger partial charge on any atom is 0.147 e. The van der Waals surface area contributed by atoms with E-state index in [1.165, 1.54) is 64.0 Å². The minimum atomic E-state index is -2.76. The Kier molecular flexibility index (Phi) is 14.9. The molecule has 2 nitrogen and oxygen atoms in total. The first kappa shape index (κ1) is 21.4. The number of allylic oxidation sites excluding steroid dienone is 4. The summed E-state index contributed by atoms with van der Waals surface area (Å²) in [6.45, 7) is 2.24. The molecular weight excluding hydrogens is 292 g/mol. The Balaban J connectivity index is 3.24. The summed E-state index contributed by atoms with van der Waals surface area (Å²) in [4.78, 5) is 0. The quantitative estimate of drug-likeness (QED) is 0.279. The van der Waals surface area contributed by atoms with Gasteiger partial charge in [0.2, 0.25) is 0 Å². The Morgan fingerprint density at radius 3 is 1.73 bits per heavy atom. The van der Waals surface area contributed by atoms with Crippen molar-refractivity contribution in [2.45, 2.75) is 84.0 Å². The van der Waals surface area contributed by atoms with Crippen LogP contribution in [0.4, 0.5) is 0 Å². The number of rotatable bonds is 15. The van der Waals surface area contributed by atoms with Gasteiger partial charge in [-0.3, -0.25) is 0 Å². The summed E-state index contributed by atoms with van der Waals surface area (Å²) >= 11 is 0. The van der Waals surface area contributed by atoms with E-state index in [1.54, 1.807) is 0 Å². The lowest BCUT2D eigenvalue weighted by Gasteiger charge is -2.00. The first-order valence-corrected chi connectivity index (χ1v) is 11.1. The van der Waals surface area contributed by atoms with Crippen LogP contribution in [-0.4, -0.2) is 20.4 Å². The molecule has 0 aliphatic heterocycles. The third-order valence-corrected chi connectivity index (χ3v) is 4.75. The largest absolute Gasteiger partial charge is 0.229 e. The molecule has 0 N–H and O–H groups in total. The van der Waals surface area contributed by atoms with Crippen LogP contribution in [0.1, 0.15) is 84.0 Å². The second-order valence-corrected chi connectivity index (χ2v) is 8.47. The molecule has 0 aromatic rings. The van der Waals surface area contributed by atoms with Crippen molar-refractivity contribution in [3.63, 3.8) is 0 Å². The smallest absolute Gasteiger partial charge is 0.147 e. The van der Waals surface area contributed by atoms with Gasteiger partial charge >= 0.3 is 0 Å². The van der Waals surface area contributed by atoms with E-state index in [1.807, 2.05) is 0 Å². The highest BCUT2D eigenvalue weighted by molar-refractivity contribution is 7.90. The Labute approximate surface area is 139 Å². The van der Waals surface area contributed by atoms with E-state index < -0.39 is 9.84 Å². The van der Waals surface area contributed by atoms with Crippen molar-refractivity contribution < 1.29 is 8.42 Å². The van der Waals surface area contributed by atoms with Crippen molar-refractivity contribution in [1.29, 1.82) is 0 Å². The number of sulfone groups is 1. The van der Waals surface area contributed by atoms with Crippen LogP contribution >= 0.6 is 0 Å². The highest BCUT2D eigenvalue weighted by Gasteiger charge is 2.00. The minimum absolute atomic E-state index is 0.349. The van der Waals surface area contributed by atoms with Gasteiger partial charge in [-0.25, -0.2) is 8.42 Å². The molecule has 0 radical (unpaired) electrons. The highest BCUT2D eigenvalue weighted by Crippen LogP contribution is 2.08. The molecule has 0 fully saturated rings. The first-order valence-electron chi connectivity index (χ1n) is 9.04. The SMILES string of the molecule is CCCCC/C=C\C/C=C\CCCCCCCCS(C)(=O)=O. The van der Waals surface area contributed by atoms with Crippen molar-refractivity contribution in [1.82, 2.24) is 0 Å². The van der Waals surface area contributed by atoms with Crippen LogP contribution < -0.4 is 0 Å². The fourth-order valence-electron chi connectivity index (χ4n) is 2.35. The zero-order valence-corrected chi connectivity index (χ0v) is 15.5. The van der Waals surface area contributed by atoms with Gasteiger partial charge < -0.3 is 0 Å². The van der Waals surface area contributed by atoms with Gasteiger partial charge in [-0.2, -0.15) is 0 Å². The van der Waals surface area contributed by atoms with Gasteiger partial charge in [-0.1, -0.05) is 69.8 Å². The second-order valence-electron chi connectivity index (χ2n) is 6.21. The van der Waals surface area contributed by atoms with E-state index in [0.29, 0.717) is 5.75 Å². The van der Waals surface area contributed by atoms with E-state index in [4.69, 9.17) is 0 Å².